The number of nitrogens with zero attached hydrogens (tertiary/aromatic N) is 4. The molecule has 0 amide bonds. The van der Waals surface area contributed by atoms with E-state index in [0.29, 0.717) is 5.56 Å². The first-order valence-corrected chi connectivity index (χ1v) is 7.40. The number of alkyl halides is 3. The third-order valence-electron chi connectivity index (χ3n) is 2.54. The van der Waals surface area contributed by atoms with Gasteiger partial charge in [0.2, 0.25) is 0 Å². The van der Waals surface area contributed by atoms with Crippen molar-refractivity contribution in [2.24, 2.45) is 5.10 Å². The van der Waals surface area contributed by atoms with Gasteiger partial charge in [0.15, 0.2) is 5.82 Å². The van der Waals surface area contributed by atoms with Gasteiger partial charge in [-0.05, 0) is 30.3 Å². The summed E-state index contributed by atoms with van der Waals surface area (Å²) in [6, 6.07) is 10.9. The van der Waals surface area contributed by atoms with E-state index in [1.807, 2.05) is 19.9 Å². The van der Waals surface area contributed by atoms with Crippen LogP contribution in [0.2, 0.25) is 0 Å². The molecule has 0 radical (unpaired) electrons. The molecule has 0 saturated carbocycles. The Bertz CT molecular complexity index is 744. The molecule has 0 aliphatic heterocycles. The molecule has 0 spiro atoms. The molecule has 0 aliphatic carbocycles. The normalized spacial score (nSPS) is 9.07. The zero-order valence-electron chi connectivity index (χ0n) is 14.3. The zero-order chi connectivity index (χ0) is 20.2. The van der Waals surface area contributed by atoms with Gasteiger partial charge in [0.1, 0.15) is 11.5 Å². The minimum atomic E-state index is -4.47. The Kier molecular flexibility index (Phi) is 12.6. The molecule has 8 heteroatoms. The zero-order valence-corrected chi connectivity index (χ0v) is 14.3. The minimum absolute atomic E-state index is 0. The molecule has 0 fully saturated rings. The summed E-state index contributed by atoms with van der Waals surface area (Å²) in [6.45, 7) is 10.6. The second-order valence-electron chi connectivity index (χ2n) is 4.17. The van der Waals surface area contributed by atoms with Crippen molar-refractivity contribution in [2.45, 2.75) is 27.5 Å². The van der Waals surface area contributed by atoms with Crippen LogP contribution in [0, 0.1) is 17.1 Å². The molecule has 1 aromatic carbocycles. The minimum Gasteiger partial charge on any atom is -0.224 e. The van der Waals surface area contributed by atoms with Gasteiger partial charge in [-0.2, -0.15) is 23.5 Å². The van der Waals surface area contributed by atoms with Gasteiger partial charge >= 0.3 is 6.18 Å². The number of hydrazone groups is 1. The van der Waals surface area contributed by atoms with E-state index in [1.54, 1.807) is 6.07 Å². The Morgan fingerprint density at radius 1 is 1.19 bits per heavy atom. The van der Waals surface area contributed by atoms with Crippen LogP contribution in [-0.4, -0.2) is 11.7 Å². The van der Waals surface area contributed by atoms with E-state index in [2.05, 4.69) is 23.4 Å². The third-order valence-corrected chi connectivity index (χ3v) is 2.54. The van der Waals surface area contributed by atoms with E-state index in [1.165, 1.54) is 36.5 Å². The van der Waals surface area contributed by atoms with Crippen LogP contribution in [0.3, 0.4) is 0 Å². The lowest BCUT2D eigenvalue weighted by molar-refractivity contribution is -0.141. The van der Waals surface area contributed by atoms with Gasteiger partial charge in [0.25, 0.3) is 0 Å². The van der Waals surface area contributed by atoms with Crippen LogP contribution in [0.1, 0.15) is 32.5 Å². The maximum atomic E-state index is 12.3. The molecule has 0 unspecified atom stereocenters. The summed E-state index contributed by atoms with van der Waals surface area (Å²) in [5.74, 6) is -0.344. The Balaban J connectivity index is 0. The van der Waals surface area contributed by atoms with Crippen LogP contribution >= 0.6 is 0 Å². The smallest absolute Gasteiger partial charge is 0.224 e. The molecular formula is C19H22F4N4. The molecule has 1 heterocycles. The number of benzene rings is 1. The van der Waals surface area contributed by atoms with Gasteiger partial charge in [-0.1, -0.05) is 40.0 Å². The van der Waals surface area contributed by atoms with Crippen molar-refractivity contribution in [3.63, 3.8) is 0 Å². The van der Waals surface area contributed by atoms with E-state index in [0.717, 1.165) is 11.1 Å². The summed E-state index contributed by atoms with van der Waals surface area (Å²) in [6.07, 6.45) is -3.25. The van der Waals surface area contributed by atoms with Crippen molar-refractivity contribution in [2.75, 3.05) is 5.01 Å². The molecular weight excluding hydrogens is 360 g/mol. The molecule has 0 atom stereocenters. The highest BCUT2D eigenvalue weighted by molar-refractivity contribution is 5.44. The fraction of sp³-hybridized carbons (Fsp3) is 0.211. The van der Waals surface area contributed by atoms with Gasteiger partial charge in [-0.3, -0.25) is 0 Å². The Labute approximate surface area is 157 Å². The summed E-state index contributed by atoms with van der Waals surface area (Å²) in [4.78, 5) is 3.38. The molecule has 1 aromatic heterocycles. The summed E-state index contributed by atoms with van der Waals surface area (Å²) < 4.78 is 49.1. The number of nitriles is 1. The highest BCUT2D eigenvalue weighted by Crippen LogP contribution is 2.28. The number of anilines is 1. The predicted molar refractivity (Wildman–Crippen MR) is 101 cm³/mol. The first-order valence-electron chi connectivity index (χ1n) is 7.40. The number of hydrogen-bond donors (Lipinski definition) is 0. The van der Waals surface area contributed by atoms with Gasteiger partial charge < -0.3 is 0 Å². The van der Waals surface area contributed by atoms with Crippen molar-refractivity contribution < 1.29 is 17.6 Å². The van der Waals surface area contributed by atoms with Crippen molar-refractivity contribution >= 4 is 12.5 Å². The van der Waals surface area contributed by atoms with Crippen LogP contribution in [0.25, 0.3) is 0 Å². The Hall–Kier alpha value is -3.21. The number of pyridine rings is 1. The van der Waals surface area contributed by atoms with Gasteiger partial charge in [0.05, 0.1) is 11.6 Å². The molecule has 0 bridgehead atoms. The van der Waals surface area contributed by atoms with E-state index < -0.39 is 11.9 Å². The van der Waals surface area contributed by atoms with Crippen LogP contribution in [0.4, 0.5) is 23.4 Å². The van der Waals surface area contributed by atoms with Crippen molar-refractivity contribution in [1.82, 2.24) is 4.98 Å². The monoisotopic (exact) mass is 382 g/mol. The van der Waals surface area contributed by atoms with Crippen LogP contribution in [0.5, 0.6) is 0 Å². The molecule has 2 aromatic rings. The van der Waals surface area contributed by atoms with Crippen molar-refractivity contribution in [1.29, 1.82) is 5.26 Å². The lowest BCUT2D eigenvalue weighted by atomic mass is 10.2. The average Bonchev–Trinajstić information content (AvgIpc) is 2.64. The fourth-order valence-electron chi connectivity index (χ4n) is 1.49. The highest BCUT2D eigenvalue weighted by Gasteiger charge is 2.32. The topological polar surface area (TPSA) is 52.3 Å². The van der Waals surface area contributed by atoms with Crippen LogP contribution in [0.15, 0.2) is 60.3 Å². The molecule has 27 heavy (non-hydrogen) atoms. The molecule has 0 N–H and O–H groups in total. The van der Waals surface area contributed by atoms with E-state index in [-0.39, 0.29) is 19.1 Å². The second kappa shape index (κ2) is 13.1. The second-order valence-corrected chi connectivity index (χ2v) is 4.17. The van der Waals surface area contributed by atoms with Crippen LogP contribution in [-0.2, 0) is 6.18 Å². The predicted octanol–water partition coefficient (Wildman–Crippen LogP) is 6.03. The van der Waals surface area contributed by atoms with Crippen LogP contribution < -0.4 is 5.01 Å². The summed E-state index contributed by atoms with van der Waals surface area (Å²) >= 11 is 0. The quantitative estimate of drug-likeness (QED) is 0.370. The summed E-state index contributed by atoms with van der Waals surface area (Å²) in [5, 5.41) is 12.7. The number of rotatable bonds is 3. The Morgan fingerprint density at radius 3 is 2.19 bits per heavy atom. The lowest BCUT2D eigenvalue weighted by Crippen LogP contribution is -2.13. The molecule has 0 saturated heterocycles. The number of hydrogen-bond acceptors (Lipinski definition) is 4. The highest BCUT2D eigenvalue weighted by atomic mass is 19.4. The fourth-order valence-corrected chi connectivity index (χ4v) is 1.49. The molecule has 2 rings (SSSR count). The van der Waals surface area contributed by atoms with E-state index in [9.17, 15) is 17.6 Å². The third kappa shape index (κ3) is 9.16. The Morgan fingerprint density at radius 2 is 1.78 bits per heavy atom. The number of halogens is 4. The maximum Gasteiger partial charge on any atom is 0.433 e. The van der Waals surface area contributed by atoms with Crippen molar-refractivity contribution in [3.05, 3.63) is 72.3 Å². The maximum absolute atomic E-state index is 12.3. The lowest BCUT2D eigenvalue weighted by Gasteiger charge is -2.13. The molecule has 146 valence electrons. The standard InChI is InChI=1S/C9H8F3N3.C7H4FN.C2H6.CH4/c1-3-15(13-2)8-6-4-5-7(14-8)9(10,11)12;8-7-3-1-2-6(4-7)5-9;1-2;/h3-6H,1-2H2;1-4H;1-2H3;1H4. The SMILES string of the molecule is C.C=CN(N=C)c1cccc(C(F)(F)F)n1.CC.N#Cc1cccc(F)c1. The summed E-state index contributed by atoms with van der Waals surface area (Å²) in [5.41, 5.74) is -0.620. The van der Waals surface area contributed by atoms with Gasteiger partial charge in [-0.15, -0.1) is 0 Å². The summed E-state index contributed by atoms with van der Waals surface area (Å²) in [7, 11) is 0. The molecule has 4 nitrogen and oxygen atoms in total. The van der Waals surface area contributed by atoms with Crippen molar-refractivity contribution in [3.8, 4) is 6.07 Å². The first-order chi connectivity index (χ1) is 12.3. The number of aromatic nitrogens is 1. The van der Waals surface area contributed by atoms with Gasteiger partial charge in [0, 0.05) is 12.9 Å². The van der Waals surface area contributed by atoms with E-state index in [4.69, 9.17) is 5.26 Å². The van der Waals surface area contributed by atoms with E-state index >= 15 is 0 Å². The molecule has 0 aliphatic rings. The first kappa shape index (κ1) is 26.0. The largest absolute Gasteiger partial charge is 0.433 e. The van der Waals surface area contributed by atoms with Gasteiger partial charge in [-0.25, -0.2) is 14.4 Å². The average molecular weight is 382 g/mol.